The Balaban J connectivity index is 1.80. The van der Waals surface area contributed by atoms with Crippen LogP contribution in [0.3, 0.4) is 0 Å². The number of methoxy groups -OCH3 is 1. The average Bonchev–Trinajstić information content (AvgIpc) is 2.49. The summed E-state index contributed by atoms with van der Waals surface area (Å²) in [5, 5.41) is 3.71. The fourth-order valence-electron chi connectivity index (χ4n) is 2.89. The van der Waals surface area contributed by atoms with Crippen LogP contribution >= 0.6 is 0 Å². The van der Waals surface area contributed by atoms with Crippen molar-refractivity contribution in [2.24, 2.45) is 0 Å². The summed E-state index contributed by atoms with van der Waals surface area (Å²) in [7, 11) is 1.77. The third-order valence-electron chi connectivity index (χ3n) is 3.85. The van der Waals surface area contributed by atoms with Gasteiger partial charge in [-0.05, 0) is 18.9 Å². The summed E-state index contributed by atoms with van der Waals surface area (Å²) in [5.74, 6) is 0. The van der Waals surface area contributed by atoms with Crippen LogP contribution in [0.1, 0.15) is 12.5 Å². The molecule has 0 radical (unpaired) electrons. The monoisotopic (exact) mass is 292 g/mol. The molecule has 1 aliphatic rings. The lowest BCUT2D eigenvalue weighted by Gasteiger charge is -2.31. The van der Waals surface area contributed by atoms with Crippen LogP contribution in [-0.2, 0) is 15.9 Å². The molecule has 0 spiro atoms. The molecule has 1 aliphatic heterocycles. The molecule has 1 aromatic carbocycles. The standard InChI is InChI=1S/C17H28N2O2/c1-15(13-19-8-10-21-11-9-19)18-17(14-20-2)12-16-6-4-3-5-7-16/h3-7,15,17-18H,8-14H2,1-2H3. The number of ether oxygens (including phenoxy) is 2. The van der Waals surface area contributed by atoms with Crippen LogP contribution in [0.25, 0.3) is 0 Å². The van der Waals surface area contributed by atoms with E-state index in [1.54, 1.807) is 7.11 Å². The summed E-state index contributed by atoms with van der Waals surface area (Å²) >= 11 is 0. The van der Waals surface area contributed by atoms with E-state index in [2.05, 4.69) is 47.5 Å². The Morgan fingerprint density at radius 1 is 1.24 bits per heavy atom. The molecule has 2 unspecified atom stereocenters. The van der Waals surface area contributed by atoms with Crippen LogP contribution in [0.5, 0.6) is 0 Å². The molecular formula is C17H28N2O2. The topological polar surface area (TPSA) is 33.7 Å². The minimum atomic E-state index is 0.355. The highest BCUT2D eigenvalue weighted by Gasteiger charge is 2.17. The zero-order chi connectivity index (χ0) is 14.9. The van der Waals surface area contributed by atoms with E-state index in [1.807, 2.05) is 0 Å². The van der Waals surface area contributed by atoms with Gasteiger partial charge in [0.25, 0.3) is 0 Å². The molecule has 1 aromatic rings. The first-order chi connectivity index (χ1) is 10.3. The summed E-state index contributed by atoms with van der Waals surface area (Å²) in [6.07, 6.45) is 1.00. The third kappa shape index (κ3) is 6.14. The van der Waals surface area contributed by atoms with Gasteiger partial charge in [-0.2, -0.15) is 0 Å². The normalized spacial score (nSPS) is 19.3. The summed E-state index contributed by atoms with van der Waals surface area (Å²) in [5.41, 5.74) is 1.35. The highest BCUT2D eigenvalue weighted by Crippen LogP contribution is 2.05. The SMILES string of the molecule is COCC(Cc1ccccc1)NC(C)CN1CCOCC1. The summed E-state index contributed by atoms with van der Waals surface area (Å²) in [4.78, 5) is 2.47. The lowest BCUT2D eigenvalue weighted by molar-refractivity contribution is 0.0330. The van der Waals surface area contributed by atoms with E-state index >= 15 is 0 Å². The van der Waals surface area contributed by atoms with Crippen LogP contribution in [0.4, 0.5) is 0 Å². The van der Waals surface area contributed by atoms with Gasteiger partial charge in [-0.3, -0.25) is 4.90 Å². The second-order valence-corrected chi connectivity index (χ2v) is 5.82. The van der Waals surface area contributed by atoms with E-state index in [4.69, 9.17) is 9.47 Å². The predicted octanol–water partition coefficient (Wildman–Crippen LogP) is 1.55. The van der Waals surface area contributed by atoms with Gasteiger partial charge in [-0.25, -0.2) is 0 Å². The molecule has 0 bridgehead atoms. The van der Waals surface area contributed by atoms with Crippen molar-refractivity contribution in [2.75, 3.05) is 46.6 Å². The Hall–Kier alpha value is -0.940. The maximum absolute atomic E-state index is 5.40. The summed E-state index contributed by atoms with van der Waals surface area (Å²) in [6, 6.07) is 11.4. The molecule has 4 nitrogen and oxygen atoms in total. The predicted molar refractivity (Wildman–Crippen MR) is 85.7 cm³/mol. The number of hydrogen-bond acceptors (Lipinski definition) is 4. The number of hydrogen-bond donors (Lipinski definition) is 1. The van der Waals surface area contributed by atoms with Gasteiger partial charge in [0, 0.05) is 38.8 Å². The van der Waals surface area contributed by atoms with Gasteiger partial charge in [-0.1, -0.05) is 30.3 Å². The van der Waals surface area contributed by atoms with E-state index in [0.29, 0.717) is 12.1 Å². The van der Waals surface area contributed by atoms with Crippen molar-refractivity contribution < 1.29 is 9.47 Å². The summed E-state index contributed by atoms with van der Waals surface area (Å²) in [6.45, 7) is 7.86. The van der Waals surface area contributed by atoms with Crippen molar-refractivity contribution >= 4 is 0 Å². The van der Waals surface area contributed by atoms with Crippen LogP contribution < -0.4 is 5.32 Å². The lowest BCUT2D eigenvalue weighted by Crippen LogP contribution is -2.48. The largest absolute Gasteiger partial charge is 0.383 e. The van der Waals surface area contributed by atoms with Crippen LogP contribution in [0.15, 0.2) is 30.3 Å². The van der Waals surface area contributed by atoms with Crippen LogP contribution in [0, 0.1) is 0 Å². The Kier molecular flexibility index (Phi) is 7.16. The Morgan fingerprint density at radius 2 is 1.95 bits per heavy atom. The van der Waals surface area contributed by atoms with Crippen molar-refractivity contribution in [2.45, 2.75) is 25.4 Å². The average molecular weight is 292 g/mol. The van der Waals surface area contributed by atoms with Crippen LogP contribution in [-0.4, -0.2) is 63.5 Å². The maximum atomic E-state index is 5.40. The summed E-state index contributed by atoms with van der Waals surface area (Å²) < 4.78 is 10.8. The quantitative estimate of drug-likeness (QED) is 0.788. The van der Waals surface area contributed by atoms with Gasteiger partial charge in [0.1, 0.15) is 0 Å². The molecule has 2 atom stereocenters. The first-order valence-electron chi connectivity index (χ1n) is 7.87. The number of nitrogens with one attached hydrogen (secondary N) is 1. The highest BCUT2D eigenvalue weighted by atomic mass is 16.5. The van der Waals surface area contributed by atoms with Crippen molar-refractivity contribution in [3.8, 4) is 0 Å². The van der Waals surface area contributed by atoms with Crippen molar-refractivity contribution in [3.05, 3.63) is 35.9 Å². The second-order valence-electron chi connectivity index (χ2n) is 5.82. The van der Waals surface area contributed by atoms with Gasteiger partial charge in [0.2, 0.25) is 0 Å². The highest BCUT2D eigenvalue weighted by molar-refractivity contribution is 5.16. The molecular weight excluding hydrogens is 264 g/mol. The zero-order valence-electron chi connectivity index (χ0n) is 13.3. The van der Waals surface area contributed by atoms with Gasteiger partial charge in [0.15, 0.2) is 0 Å². The van der Waals surface area contributed by atoms with Gasteiger partial charge >= 0.3 is 0 Å². The molecule has 118 valence electrons. The minimum absolute atomic E-state index is 0.355. The fourth-order valence-corrected chi connectivity index (χ4v) is 2.89. The zero-order valence-corrected chi connectivity index (χ0v) is 13.3. The first-order valence-corrected chi connectivity index (χ1v) is 7.87. The first kappa shape index (κ1) is 16.4. The lowest BCUT2D eigenvalue weighted by atomic mass is 10.1. The van der Waals surface area contributed by atoms with E-state index < -0.39 is 0 Å². The molecule has 4 heteroatoms. The van der Waals surface area contributed by atoms with Crippen LogP contribution in [0.2, 0.25) is 0 Å². The molecule has 0 aliphatic carbocycles. The maximum Gasteiger partial charge on any atom is 0.0619 e. The fraction of sp³-hybridized carbons (Fsp3) is 0.647. The minimum Gasteiger partial charge on any atom is -0.383 e. The smallest absolute Gasteiger partial charge is 0.0619 e. The van der Waals surface area contributed by atoms with Gasteiger partial charge in [0.05, 0.1) is 19.8 Å². The van der Waals surface area contributed by atoms with E-state index in [9.17, 15) is 0 Å². The number of benzene rings is 1. The van der Waals surface area contributed by atoms with Crippen molar-refractivity contribution in [3.63, 3.8) is 0 Å². The molecule has 0 aromatic heterocycles. The molecule has 1 saturated heterocycles. The Labute approximate surface area is 128 Å². The van der Waals surface area contributed by atoms with Crippen molar-refractivity contribution in [1.82, 2.24) is 10.2 Å². The van der Waals surface area contributed by atoms with E-state index in [-0.39, 0.29) is 0 Å². The number of rotatable bonds is 8. The number of nitrogens with zero attached hydrogens (tertiary/aromatic N) is 1. The third-order valence-corrected chi connectivity index (χ3v) is 3.85. The van der Waals surface area contributed by atoms with Crippen molar-refractivity contribution in [1.29, 1.82) is 0 Å². The molecule has 2 rings (SSSR count). The van der Waals surface area contributed by atoms with Gasteiger partial charge in [-0.15, -0.1) is 0 Å². The van der Waals surface area contributed by atoms with Gasteiger partial charge < -0.3 is 14.8 Å². The van der Waals surface area contributed by atoms with E-state index in [1.165, 1.54) is 5.56 Å². The number of morpholine rings is 1. The molecule has 0 saturated carbocycles. The van der Waals surface area contributed by atoms with E-state index in [0.717, 1.165) is 45.9 Å². The molecule has 0 amide bonds. The second kappa shape index (κ2) is 9.15. The molecule has 1 fully saturated rings. The molecule has 21 heavy (non-hydrogen) atoms. The molecule has 1 heterocycles. The Bertz CT molecular complexity index is 380. The molecule has 1 N–H and O–H groups in total. The Morgan fingerprint density at radius 3 is 2.62 bits per heavy atom.